The zero-order valence-electron chi connectivity index (χ0n) is 11.0. The average molecular weight is 232 g/mol. The number of nitrogens with zero attached hydrogens (tertiary/aromatic N) is 2. The van der Waals surface area contributed by atoms with E-state index in [0.29, 0.717) is 0 Å². The fourth-order valence-electron chi connectivity index (χ4n) is 1.39. The van der Waals surface area contributed by atoms with Gasteiger partial charge in [-0.3, -0.25) is 0 Å². The van der Waals surface area contributed by atoms with Gasteiger partial charge in [-0.15, -0.1) is 0 Å². The Balaban J connectivity index is 0.000000437. The Morgan fingerprint density at radius 1 is 1.29 bits per heavy atom. The van der Waals surface area contributed by atoms with E-state index in [-0.39, 0.29) is 0 Å². The molecule has 0 aliphatic heterocycles. The Morgan fingerprint density at radius 2 is 2.00 bits per heavy atom. The lowest BCUT2D eigenvalue weighted by molar-refractivity contribution is 0.411. The molecule has 0 saturated heterocycles. The monoisotopic (exact) mass is 232 g/mol. The van der Waals surface area contributed by atoms with Gasteiger partial charge in [0.1, 0.15) is 11.4 Å². The van der Waals surface area contributed by atoms with Crippen LogP contribution in [0.3, 0.4) is 0 Å². The Kier molecular flexibility index (Phi) is 5.27. The van der Waals surface area contributed by atoms with E-state index in [1.807, 2.05) is 37.4 Å². The van der Waals surface area contributed by atoms with Gasteiger partial charge in [0.05, 0.1) is 7.11 Å². The van der Waals surface area contributed by atoms with Crippen LogP contribution in [0.25, 0.3) is 5.69 Å². The van der Waals surface area contributed by atoms with Gasteiger partial charge >= 0.3 is 0 Å². The van der Waals surface area contributed by atoms with Crippen LogP contribution in [-0.4, -0.2) is 16.9 Å². The molecule has 2 rings (SSSR count). The highest BCUT2D eigenvalue weighted by atomic mass is 16.5. The molecule has 1 aromatic carbocycles. The Labute approximate surface area is 103 Å². The van der Waals surface area contributed by atoms with Crippen LogP contribution in [0.1, 0.15) is 25.8 Å². The number of aryl methyl sites for hydroxylation is 1. The van der Waals surface area contributed by atoms with E-state index < -0.39 is 0 Å². The Bertz CT molecular complexity index is 435. The maximum atomic E-state index is 5.29. The van der Waals surface area contributed by atoms with Crippen molar-refractivity contribution in [3.63, 3.8) is 0 Å². The number of rotatable bonds is 2. The molecule has 0 spiro atoms. The topological polar surface area (TPSA) is 27.1 Å². The van der Waals surface area contributed by atoms with Crippen LogP contribution in [0.4, 0.5) is 0 Å². The second kappa shape index (κ2) is 6.74. The molecule has 0 bridgehead atoms. The van der Waals surface area contributed by atoms with Crippen molar-refractivity contribution < 1.29 is 4.74 Å². The zero-order valence-corrected chi connectivity index (χ0v) is 11.0. The van der Waals surface area contributed by atoms with Crippen LogP contribution in [-0.2, 0) is 0 Å². The third kappa shape index (κ3) is 3.63. The van der Waals surface area contributed by atoms with Crippen molar-refractivity contribution in [1.29, 1.82) is 0 Å². The van der Waals surface area contributed by atoms with Gasteiger partial charge in [-0.25, -0.2) is 4.68 Å². The summed E-state index contributed by atoms with van der Waals surface area (Å²) in [6.45, 7) is 6.29. The molecule has 0 atom stereocenters. The highest BCUT2D eigenvalue weighted by Gasteiger charge is 2.04. The summed E-state index contributed by atoms with van der Waals surface area (Å²) >= 11 is 0. The first kappa shape index (κ1) is 13.3. The van der Waals surface area contributed by atoms with E-state index in [1.54, 1.807) is 18.0 Å². The highest BCUT2D eigenvalue weighted by Crippen LogP contribution is 2.22. The van der Waals surface area contributed by atoms with Gasteiger partial charge < -0.3 is 4.74 Å². The van der Waals surface area contributed by atoms with Gasteiger partial charge in [0.2, 0.25) is 0 Å². The number of aromatic nitrogens is 2. The third-order valence-electron chi connectivity index (χ3n) is 2.09. The first-order valence-electron chi connectivity index (χ1n) is 5.87. The molecule has 0 radical (unpaired) electrons. The van der Waals surface area contributed by atoms with Crippen molar-refractivity contribution in [2.75, 3.05) is 7.11 Å². The van der Waals surface area contributed by atoms with Crippen molar-refractivity contribution in [3.05, 3.63) is 42.2 Å². The van der Waals surface area contributed by atoms with Gasteiger partial charge in [-0.2, -0.15) is 5.10 Å². The number of benzene rings is 1. The second-order valence-electron chi connectivity index (χ2n) is 3.83. The minimum absolute atomic E-state index is 0.841. The van der Waals surface area contributed by atoms with E-state index in [9.17, 15) is 0 Å². The van der Waals surface area contributed by atoms with E-state index in [0.717, 1.165) is 11.4 Å². The zero-order chi connectivity index (χ0) is 12.7. The predicted molar refractivity (Wildman–Crippen MR) is 70.8 cm³/mol. The molecule has 0 fully saturated rings. The van der Waals surface area contributed by atoms with Crippen LogP contribution in [0.2, 0.25) is 0 Å². The second-order valence-corrected chi connectivity index (χ2v) is 3.83. The molecule has 0 N–H and O–H groups in total. The third-order valence-corrected chi connectivity index (χ3v) is 2.09. The van der Waals surface area contributed by atoms with Crippen molar-refractivity contribution in [1.82, 2.24) is 9.78 Å². The number of hydrogen-bond acceptors (Lipinski definition) is 2. The molecule has 3 heteroatoms. The van der Waals surface area contributed by atoms with Crippen LogP contribution in [0.15, 0.2) is 36.7 Å². The molecule has 1 heterocycles. The summed E-state index contributed by atoms with van der Waals surface area (Å²) < 4.78 is 7.08. The van der Waals surface area contributed by atoms with Crippen molar-refractivity contribution in [3.8, 4) is 11.4 Å². The standard InChI is InChI=1S/C11H12N2O.C3H8/c1-9-4-5-10(11(8-9)14-2)13-7-3-6-12-13;1-3-2/h3-8H,1-2H3;3H2,1-2H3. The number of methoxy groups -OCH3 is 1. The first-order chi connectivity index (χ1) is 8.22. The van der Waals surface area contributed by atoms with E-state index in [2.05, 4.69) is 18.9 Å². The Hall–Kier alpha value is -1.77. The number of ether oxygens (including phenoxy) is 1. The van der Waals surface area contributed by atoms with E-state index in [4.69, 9.17) is 4.74 Å². The molecule has 0 saturated carbocycles. The lowest BCUT2D eigenvalue weighted by Crippen LogP contribution is -1.98. The maximum Gasteiger partial charge on any atom is 0.144 e. The summed E-state index contributed by atoms with van der Waals surface area (Å²) in [4.78, 5) is 0. The van der Waals surface area contributed by atoms with Gasteiger partial charge in [0.15, 0.2) is 0 Å². The van der Waals surface area contributed by atoms with Crippen LogP contribution in [0.5, 0.6) is 5.75 Å². The molecule has 0 aliphatic carbocycles. The van der Waals surface area contributed by atoms with Gasteiger partial charge in [0.25, 0.3) is 0 Å². The normalized spacial score (nSPS) is 9.41. The molecule has 1 aromatic heterocycles. The Morgan fingerprint density at radius 3 is 2.53 bits per heavy atom. The number of hydrogen-bond donors (Lipinski definition) is 0. The highest BCUT2D eigenvalue weighted by molar-refractivity contribution is 5.47. The SMILES string of the molecule is CCC.COc1cc(C)ccc1-n1cccn1. The van der Waals surface area contributed by atoms with Gasteiger partial charge in [-0.1, -0.05) is 26.3 Å². The quantitative estimate of drug-likeness (QED) is 0.791. The molecular weight excluding hydrogens is 212 g/mol. The van der Waals surface area contributed by atoms with Crippen LogP contribution >= 0.6 is 0 Å². The average Bonchev–Trinajstić information content (AvgIpc) is 2.83. The molecule has 17 heavy (non-hydrogen) atoms. The summed E-state index contributed by atoms with van der Waals surface area (Å²) in [7, 11) is 1.67. The van der Waals surface area contributed by atoms with Crippen molar-refractivity contribution in [2.24, 2.45) is 0 Å². The molecule has 0 unspecified atom stereocenters. The van der Waals surface area contributed by atoms with Gasteiger partial charge in [-0.05, 0) is 30.7 Å². The fourth-order valence-corrected chi connectivity index (χ4v) is 1.39. The predicted octanol–water partition coefficient (Wildman–Crippen LogP) is 3.61. The largest absolute Gasteiger partial charge is 0.494 e. The van der Waals surface area contributed by atoms with Crippen molar-refractivity contribution >= 4 is 0 Å². The molecular formula is C14H20N2O. The van der Waals surface area contributed by atoms with E-state index in [1.165, 1.54) is 12.0 Å². The molecule has 2 aromatic rings. The smallest absolute Gasteiger partial charge is 0.144 e. The van der Waals surface area contributed by atoms with Crippen LogP contribution in [0, 0.1) is 6.92 Å². The summed E-state index contributed by atoms with van der Waals surface area (Å²) in [6.07, 6.45) is 4.90. The first-order valence-corrected chi connectivity index (χ1v) is 5.87. The summed E-state index contributed by atoms with van der Waals surface area (Å²) in [6, 6.07) is 7.93. The lowest BCUT2D eigenvalue weighted by atomic mass is 10.2. The molecule has 0 amide bonds. The minimum Gasteiger partial charge on any atom is -0.494 e. The lowest BCUT2D eigenvalue weighted by Gasteiger charge is -2.08. The molecule has 92 valence electrons. The molecule has 0 aliphatic rings. The van der Waals surface area contributed by atoms with Crippen molar-refractivity contribution in [2.45, 2.75) is 27.2 Å². The summed E-state index contributed by atoms with van der Waals surface area (Å²) in [5.74, 6) is 0.841. The summed E-state index contributed by atoms with van der Waals surface area (Å²) in [5, 5.41) is 4.16. The van der Waals surface area contributed by atoms with Gasteiger partial charge in [0, 0.05) is 12.4 Å². The molecule has 3 nitrogen and oxygen atoms in total. The van der Waals surface area contributed by atoms with Crippen LogP contribution < -0.4 is 4.74 Å². The fraction of sp³-hybridized carbons (Fsp3) is 0.357. The van der Waals surface area contributed by atoms with E-state index >= 15 is 0 Å². The summed E-state index contributed by atoms with van der Waals surface area (Å²) in [5.41, 5.74) is 2.14. The maximum absolute atomic E-state index is 5.29. The minimum atomic E-state index is 0.841.